The number of rotatable bonds is 3. The fourth-order valence-corrected chi connectivity index (χ4v) is 2.14. The summed E-state index contributed by atoms with van der Waals surface area (Å²) in [5.41, 5.74) is 1.52. The van der Waals surface area contributed by atoms with E-state index in [1.54, 1.807) is 19.2 Å². The summed E-state index contributed by atoms with van der Waals surface area (Å²) < 4.78 is 5.87. The van der Waals surface area contributed by atoms with Gasteiger partial charge < -0.3 is 4.74 Å². The van der Waals surface area contributed by atoms with E-state index in [4.69, 9.17) is 4.74 Å². The molecular weight excluding hydrogens is 268 g/mol. The molecule has 0 saturated heterocycles. The number of hydrogen-bond donors (Lipinski definition) is 0. The molecule has 0 saturated carbocycles. The second-order valence-electron chi connectivity index (χ2n) is 4.64. The van der Waals surface area contributed by atoms with Crippen LogP contribution < -0.4 is 4.74 Å². The maximum Gasteiger partial charge on any atom is 0.269 e. The molecule has 0 fully saturated rings. The summed E-state index contributed by atoms with van der Waals surface area (Å²) in [7, 11) is 0. The molecular formula is C16H12N2O3. The van der Waals surface area contributed by atoms with Crippen LogP contribution in [0.1, 0.15) is 5.56 Å². The molecule has 3 aromatic rings. The minimum Gasteiger partial charge on any atom is -0.455 e. The SMILES string of the molecule is Cc1cc([N+](=O)[O-])ccc1Oc1cccc2cccnc12. The highest BCUT2D eigenvalue weighted by Gasteiger charge is 2.11. The average molecular weight is 280 g/mol. The Morgan fingerprint density at radius 1 is 1.10 bits per heavy atom. The van der Waals surface area contributed by atoms with Crippen LogP contribution in [-0.2, 0) is 0 Å². The summed E-state index contributed by atoms with van der Waals surface area (Å²) in [6.07, 6.45) is 1.71. The van der Waals surface area contributed by atoms with E-state index in [-0.39, 0.29) is 5.69 Å². The van der Waals surface area contributed by atoms with Crippen molar-refractivity contribution in [3.05, 3.63) is 70.4 Å². The molecule has 1 aromatic heterocycles. The van der Waals surface area contributed by atoms with E-state index >= 15 is 0 Å². The minimum absolute atomic E-state index is 0.0518. The topological polar surface area (TPSA) is 65.3 Å². The van der Waals surface area contributed by atoms with Crippen LogP contribution in [0, 0.1) is 17.0 Å². The van der Waals surface area contributed by atoms with Crippen LogP contribution in [0.25, 0.3) is 10.9 Å². The third kappa shape index (κ3) is 2.53. The Kier molecular flexibility index (Phi) is 3.23. The molecule has 2 aromatic carbocycles. The quantitative estimate of drug-likeness (QED) is 0.531. The third-order valence-electron chi connectivity index (χ3n) is 3.18. The molecule has 104 valence electrons. The van der Waals surface area contributed by atoms with Crippen molar-refractivity contribution in [1.29, 1.82) is 0 Å². The van der Waals surface area contributed by atoms with Gasteiger partial charge in [-0.3, -0.25) is 15.1 Å². The molecule has 0 atom stereocenters. The molecule has 21 heavy (non-hydrogen) atoms. The van der Waals surface area contributed by atoms with Crippen molar-refractivity contribution in [1.82, 2.24) is 4.98 Å². The molecule has 0 bridgehead atoms. The van der Waals surface area contributed by atoms with E-state index in [1.165, 1.54) is 12.1 Å². The van der Waals surface area contributed by atoms with Crippen molar-refractivity contribution in [3.8, 4) is 11.5 Å². The van der Waals surface area contributed by atoms with Gasteiger partial charge in [0.15, 0.2) is 5.75 Å². The van der Waals surface area contributed by atoms with E-state index in [2.05, 4.69) is 4.98 Å². The third-order valence-corrected chi connectivity index (χ3v) is 3.18. The number of nitro groups is 1. The van der Waals surface area contributed by atoms with E-state index in [9.17, 15) is 10.1 Å². The number of nitrogens with zero attached hydrogens (tertiary/aromatic N) is 2. The van der Waals surface area contributed by atoms with Gasteiger partial charge in [-0.25, -0.2) is 0 Å². The van der Waals surface area contributed by atoms with Gasteiger partial charge in [-0.1, -0.05) is 18.2 Å². The number of fused-ring (bicyclic) bond motifs is 1. The van der Waals surface area contributed by atoms with Crippen LogP contribution in [0.4, 0.5) is 5.69 Å². The number of non-ortho nitro benzene ring substituents is 1. The van der Waals surface area contributed by atoms with Gasteiger partial charge in [-0.2, -0.15) is 0 Å². The molecule has 0 amide bonds. The zero-order valence-corrected chi connectivity index (χ0v) is 11.3. The summed E-state index contributed by atoms with van der Waals surface area (Å²) >= 11 is 0. The number of hydrogen-bond acceptors (Lipinski definition) is 4. The lowest BCUT2D eigenvalue weighted by Crippen LogP contribution is -1.93. The van der Waals surface area contributed by atoms with E-state index in [0.717, 1.165) is 10.9 Å². The molecule has 0 aliphatic carbocycles. The Balaban J connectivity index is 2.01. The van der Waals surface area contributed by atoms with Gasteiger partial charge in [0.05, 0.1) is 4.92 Å². The van der Waals surface area contributed by atoms with Crippen molar-refractivity contribution in [3.63, 3.8) is 0 Å². The normalized spacial score (nSPS) is 10.5. The zero-order valence-electron chi connectivity index (χ0n) is 11.3. The molecule has 0 aliphatic rings. The molecule has 0 aliphatic heterocycles. The molecule has 0 spiro atoms. The Hall–Kier alpha value is -2.95. The predicted molar refractivity (Wildman–Crippen MR) is 79.7 cm³/mol. The largest absolute Gasteiger partial charge is 0.455 e. The molecule has 5 nitrogen and oxygen atoms in total. The molecule has 3 rings (SSSR count). The fraction of sp³-hybridized carbons (Fsp3) is 0.0625. The maximum absolute atomic E-state index is 10.8. The van der Waals surface area contributed by atoms with Crippen molar-refractivity contribution in [2.45, 2.75) is 6.92 Å². The van der Waals surface area contributed by atoms with Crippen molar-refractivity contribution < 1.29 is 9.66 Å². The van der Waals surface area contributed by atoms with Gasteiger partial charge in [0.2, 0.25) is 0 Å². The first-order valence-electron chi connectivity index (χ1n) is 6.42. The number of pyridine rings is 1. The van der Waals surface area contributed by atoms with E-state index < -0.39 is 4.92 Å². The number of aromatic nitrogens is 1. The summed E-state index contributed by atoms with van der Waals surface area (Å²) in [5, 5.41) is 11.7. The van der Waals surface area contributed by atoms with Crippen LogP contribution in [0.15, 0.2) is 54.7 Å². The van der Waals surface area contributed by atoms with Gasteiger partial charge in [0.25, 0.3) is 5.69 Å². The molecule has 5 heteroatoms. The molecule has 0 unspecified atom stereocenters. The Morgan fingerprint density at radius 3 is 2.67 bits per heavy atom. The van der Waals surface area contributed by atoms with Gasteiger partial charge >= 0.3 is 0 Å². The Morgan fingerprint density at radius 2 is 1.90 bits per heavy atom. The van der Waals surface area contributed by atoms with E-state index in [0.29, 0.717) is 17.1 Å². The standard InChI is InChI=1S/C16H12N2O3/c1-11-10-13(18(19)20)7-8-14(11)21-15-6-2-4-12-5-3-9-17-16(12)15/h2-10H,1H3. The highest BCUT2D eigenvalue weighted by molar-refractivity contribution is 5.84. The van der Waals surface area contributed by atoms with Crippen molar-refractivity contribution in [2.75, 3.05) is 0 Å². The number of nitro benzene ring substituents is 1. The fourth-order valence-electron chi connectivity index (χ4n) is 2.14. The van der Waals surface area contributed by atoms with Crippen LogP contribution in [0.3, 0.4) is 0 Å². The van der Waals surface area contributed by atoms with Gasteiger partial charge in [-0.15, -0.1) is 0 Å². The van der Waals surface area contributed by atoms with Gasteiger partial charge in [0.1, 0.15) is 11.3 Å². The highest BCUT2D eigenvalue weighted by atomic mass is 16.6. The van der Waals surface area contributed by atoms with Crippen molar-refractivity contribution in [2.24, 2.45) is 0 Å². The predicted octanol–water partition coefficient (Wildman–Crippen LogP) is 4.24. The smallest absolute Gasteiger partial charge is 0.269 e. The molecule has 0 N–H and O–H groups in total. The number of ether oxygens (including phenoxy) is 1. The lowest BCUT2D eigenvalue weighted by Gasteiger charge is -2.10. The second kappa shape index (κ2) is 5.20. The number of para-hydroxylation sites is 1. The molecule has 1 heterocycles. The average Bonchev–Trinajstić information content (AvgIpc) is 2.49. The Labute approximate surface area is 121 Å². The summed E-state index contributed by atoms with van der Waals surface area (Å²) in [4.78, 5) is 14.7. The Bertz CT molecular complexity index is 825. The summed E-state index contributed by atoms with van der Waals surface area (Å²) in [6.45, 7) is 1.78. The zero-order chi connectivity index (χ0) is 14.8. The van der Waals surface area contributed by atoms with Crippen LogP contribution in [0.5, 0.6) is 11.5 Å². The first kappa shape index (κ1) is 13.1. The second-order valence-corrected chi connectivity index (χ2v) is 4.64. The number of aryl methyl sites for hydroxylation is 1. The maximum atomic E-state index is 10.8. The number of benzene rings is 2. The van der Waals surface area contributed by atoms with Crippen LogP contribution in [-0.4, -0.2) is 9.91 Å². The minimum atomic E-state index is -0.420. The summed E-state index contributed by atoms with van der Waals surface area (Å²) in [5.74, 6) is 1.21. The van der Waals surface area contributed by atoms with Crippen molar-refractivity contribution >= 4 is 16.6 Å². The lowest BCUT2D eigenvalue weighted by atomic mass is 10.2. The monoisotopic (exact) mass is 280 g/mol. The first-order valence-corrected chi connectivity index (χ1v) is 6.42. The van der Waals surface area contributed by atoms with Gasteiger partial charge in [-0.05, 0) is 30.7 Å². The lowest BCUT2D eigenvalue weighted by molar-refractivity contribution is -0.384. The first-order chi connectivity index (χ1) is 10.1. The van der Waals surface area contributed by atoms with Crippen LogP contribution in [0.2, 0.25) is 0 Å². The van der Waals surface area contributed by atoms with E-state index in [1.807, 2.05) is 30.3 Å². The highest BCUT2D eigenvalue weighted by Crippen LogP contribution is 2.31. The van der Waals surface area contributed by atoms with Crippen LogP contribution >= 0.6 is 0 Å². The molecule has 0 radical (unpaired) electrons. The summed E-state index contributed by atoms with van der Waals surface area (Å²) in [6, 6.07) is 14.0. The van der Waals surface area contributed by atoms with Gasteiger partial charge in [0, 0.05) is 23.7 Å².